The van der Waals surface area contributed by atoms with Gasteiger partial charge in [-0.3, -0.25) is 9.59 Å². The predicted octanol–water partition coefficient (Wildman–Crippen LogP) is 0.398. The second-order valence-corrected chi connectivity index (χ2v) is 5.75. The first kappa shape index (κ1) is 16.2. The number of hydrogen-bond donors (Lipinski definition) is 2. The van der Waals surface area contributed by atoms with Gasteiger partial charge in [-0.05, 0) is 30.3 Å². The van der Waals surface area contributed by atoms with Crippen LogP contribution in [-0.4, -0.2) is 49.4 Å². The molecule has 2 amide bonds. The van der Waals surface area contributed by atoms with Crippen molar-refractivity contribution in [3.8, 4) is 0 Å². The van der Waals surface area contributed by atoms with E-state index in [-0.39, 0.29) is 17.6 Å². The van der Waals surface area contributed by atoms with Crippen LogP contribution in [0, 0.1) is 5.82 Å². The lowest BCUT2D eigenvalue weighted by molar-refractivity contribution is -0.895. The minimum Gasteiger partial charge on any atom is -0.459 e. The van der Waals surface area contributed by atoms with E-state index in [1.165, 1.54) is 18.4 Å². The number of benzene rings is 1. The van der Waals surface area contributed by atoms with Gasteiger partial charge in [0.05, 0.1) is 32.4 Å². The van der Waals surface area contributed by atoms with Gasteiger partial charge in [-0.1, -0.05) is 6.07 Å². The second kappa shape index (κ2) is 7.27. The molecule has 0 aliphatic carbocycles. The summed E-state index contributed by atoms with van der Waals surface area (Å²) in [6.45, 7) is 2.80. The molecule has 1 aliphatic heterocycles. The van der Waals surface area contributed by atoms with Crippen molar-refractivity contribution in [2.75, 3.05) is 38.0 Å². The largest absolute Gasteiger partial charge is 0.459 e. The summed E-state index contributed by atoms with van der Waals surface area (Å²) in [5.41, 5.74) is 0.450. The molecule has 2 heterocycles. The molecule has 0 spiro atoms. The van der Waals surface area contributed by atoms with Crippen LogP contribution in [0.5, 0.6) is 0 Å². The molecular weight excluding hydrogens is 313 g/mol. The van der Waals surface area contributed by atoms with Gasteiger partial charge in [-0.25, -0.2) is 4.39 Å². The molecule has 2 N–H and O–H groups in total. The van der Waals surface area contributed by atoms with Crippen LogP contribution in [0.1, 0.15) is 10.6 Å². The first-order valence-electron chi connectivity index (χ1n) is 7.83. The number of nitrogens with zero attached hydrogens (tertiary/aromatic N) is 1. The summed E-state index contributed by atoms with van der Waals surface area (Å²) < 4.78 is 18.2. The normalized spacial score (nSPS) is 15.3. The fourth-order valence-electron chi connectivity index (χ4n) is 2.76. The van der Waals surface area contributed by atoms with Crippen molar-refractivity contribution in [2.45, 2.75) is 0 Å². The topological polar surface area (TPSA) is 67.0 Å². The maximum Gasteiger partial charge on any atom is 0.289 e. The van der Waals surface area contributed by atoms with E-state index in [1.807, 2.05) is 0 Å². The van der Waals surface area contributed by atoms with Crippen molar-refractivity contribution in [3.05, 3.63) is 54.2 Å². The third-order valence-corrected chi connectivity index (χ3v) is 4.01. The van der Waals surface area contributed by atoms with Gasteiger partial charge in [-0.2, -0.15) is 0 Å². The number of nitrogens with one attached hydrogen (secondary N) is 2. The standard InChI is InChI=1S/C17H18FN3O3/c18-13-3-1-4-14(11-13)19-16(22)12-20-6-8-21(9-7-20)17(23)15-5-2-10-24-15/h1-5,10-11H,6-9,12H2,(H,19,22)/p+1. The second-order valence-electron chi connectivity index (χ2n) is 5.75. The molecule has 0 saturated carbocycles. The molecule has 0 bridgehead atoms. The van der Waals surface area contributed by atoms with Crippen LogP contribution in [-0.2, 0) is 4.79 Å². The number of furan rings is 1. The van der Waals surface area contributed by atoms with E-state index in [0.29, 0.717) is 44.2 Å². The van der Waals surface area contributed by atoms with E-state index in [1.54, 1.807) is 29.2 Å². The summed E-state index contributed by atoms with van der Waals surface area (Å²) in [5, 5.41) is 2.69. The number of anilines is 1. The maximum atomic E-state index is 13.1. The molecule has 1 aromatic heterocycles. The smallest absolute Gasteiger partial charge is 0.289 e. The molecule has 3 rings (SSSR count). The number of quaternary nitrogens is 1. The molecule has 0 unspecified atom stereocenters. The fourth-order valence-corrected chi connectivity index (χ4v) is 2.76. The van der Waals surface area contributed by atoms with E-state index in [9.17, 15) is 14.0 Å². The number of amides is 2. The fraction of sp³-hybridized carbons (Fsp3) is 0.294. The molecule has 1 fully saturated rings. The van der Waals surface area contributed by atoms with Gasteiger partial charge >= 0.3 is 0 Å². The van der Waals surface area contributed by atoms with Crippen molar-refractivity contribution in [1.29, 1.82) is 0 Å². The third kappa shape index (κ3) is 3.99. The summed E-state index contributed by atoms with van der Waals surface area (Å²) >= 11 is 0. The molecule has 2 aromatic rings. The van der Waals surface area contributed by atoms with E-state index in [2.05, 4.69) is 5.32 Å². The average molecular weight is 332 g/mol. The number of piperazine rings is 1. The zero-order chi connectivity index (χ0) is 16.9. The summed E-state index contributed by atoms with van der Waals surface area (Å²) in [5.74, 6) is -0.336. The number of carbonyl (C=O) groups excluding carboxylic acids is 2. The highest BCUT2D eigenvalue weighted by atomic mass is 19.1. The van der Waals surface area contributed by atoms with Crippen molar-refractivity contribution < 1.29 is 23.3 Å². The van der Waals surface area contributed by atoms with Gasteiger partial charge in [-0.15, -0.1) is 0 Å². The van der Waals surface area contributed by atoms with Gasteiger partial charge in [0.25, 0.3) is 11.8 Å². The quantitative estimate of drug-likeness (QED) is 0.852. The Hall–Kier alpha value is -2.67. The van der Waals surface area contributed by atoms with Crippen LogP contribution in [0.25, 0.3) is 0 Å². The Labute approximate surface area is 138 Å². The minimum atomic E-state index is -0.384. The van der Waals surface area contributed by atoms with Gasteiger partial charge < -0.3 is 19.5 Å². The van der Waals surface area contributed by atoms with Crippen LogP contribution < -0.4 is 10.2 Å². The molecule has 1 aromatic carbocycles. The summed E-state index contributed by atoms with van der Waals surface area (Å²) in [7, 11) is 0. The zero-order valence-corrected chi connectivity index (χ0v) is 13.1. The van der Waals surface area contributed by atoms with Crippen LogP contribution in [0.15, 0.2) is 47.1 Å². The van der Waals surface area contributed by atoms with Crippen molar-refractivity contribution in [2.24, 2.45) is 0 Å². The van der Waals surface area contributed by atoms with E-state index in [4.69, 9.17) is 4.42 Å². The predicted molar refractivity (Wildman–Crippen MR) is 85.2 cm³/mol. The first-order valence-corrected chi connectivity index (χ1v) is 7.83. The number of rotatable bonds is 4. The first-order chi connectivity index (χ1) is 11.6. The number of halogens is 1. The summed E-state index contributed by atoms with van der Waals surface area (Å²) in [4.78, 5) is 27.0. The van der Waals surface area contributed by atoms with Crippen LogP contribution >= 0.6 is 0 Å². The Morgan fingerprint density at radius 2 is 2.00 bits per heavy atom. The van der Waals surface area contributed by atoms with Crippen molar-refractivity contribution in [3.63, 3.8) is 0 Å². The van der Waals surface area contributed by atoms with Crippen molar-refractivity contribution >= 4 is 17.5 Å². The SMILES string of the molecule is O=C(C[NH+]1CCN(C(=O)c2ccco2)CC1)Nc1cccc(F)c1. The van der Waals surface area contributed by atoms with E-state index in [0.717, 1.165) is 4.90 Å². The molecule has 0 radical (unpaired) electrons. The molecule has 7 heteroatoms. The van der Waals surface area contributed by atoms with E-state index >= 15 is 0 Å². The minimum absolute atomic E-state index is 0.122. The third-order valence-electron chi connectivity index (χ3n) is 4.01. The zero-order valence-electron chi connectivity index (χ0n) is 13.1. The molecular formula is C17H19FN3O3+. The Morgan fingerprint density at radius 1 is 1.21 bits per heavy atom. The lowest BCUT2D eigenvalue weighted by Gasteiger charge is -2.31. The maximum absolute atomic E-state index is 13.1. The van der Waals surface area contributed by atoms with Crippen LogP contribution in [0.4, 0.5) is 10.1 Å². The summed E-state index contributed by atoms with van der Waals surface area (Å²) in [6.07, 6.45) is 1.48. The highest BCUT2D eigenvalue weighted by Crippen LogP contribution is 2.08. The van der Waals surface area contributed by atoms with Gasteiger partial charge in [0.1, 0.15) is 5.82 Å². The van der Waals surface area contributed by atoms with Gasteiger partial charge in [0.15, 0.2) is 12.3 Å². The Bertz CT molecular complexity index is 710. The van der Waals surface area contributed by atoms with Crippen LogP contribution in [0.2, 0.25) is 0 Å². The molecule has 1 aliphatic rings. The lowest BCUT2D eigenvalue weighted by Crippen LogP contribution is -3.15. The molecule has 126 valence electrons. The highest BCUT2D eigenvalue weighted by Gasteiger charge is 2.27. The van der Waals surface area contributed by atoms with Crippen molar-refractivity contribution in [1.82, 2.24) is 4.90 Å². The molecule has 0 atom stereocenters. The molecule has 1 saturated heterocycles. The lowest BCUT2D eigenvalue weighted by atomic mass is 10.2. The molecule has 24 heavy (non-hydrogen) atoms. The number of carbonyl (C=O) groups is 2. The van der Waals surface area contributed by atoms with Gasteiger partial charge in [0.2, 0.25) is 0 Å². The van der Waals surface area contributed by atoms with Gasteiger partial charge in [0, 0.05) is 5.69 Å². The Kier molecular flexibility index (Phi) is 4.90. The number of hydrogen-bond acceptors (Lipinski definition) is 3. The van der Waals surface area contributed by atoms with E-state index < -0.39 is 0 Å². The average Bonchev–Trinajstić information content (AvgIpc) is 3.09. The highest BCUT2D eigenvalue weighted by molar-refractivity contribution is 5.92. The Morgan fingerprint density at radius 3 is 2.67 bits per heavy atom. The summed E-state index contributed by atoms with van der Waals surface area (Å²) in [6, 6.07) is 9.15. The monoisotopic (exact) mass is 332 g/mol. The van der Waals surface area contributed by atoms with Crippen LogP contribution in [0.3, 0.4) is 0 Å². The molecule has 6 nitrogen and oxygen atoms in total. The Balaban J connectivity index is 1.47.